The number of hydrogen-bond donors (Lipinski definition) is 2. The average molecular weight is 469 g/mol. The van der Waals surface area contributed by atoms with E-state index in [4.69, 9.17) is 24.2 Å². The number of halogens is 6. The molecule has 2 N–H and O–H groups in total. The van der Waals surface area contributed by atoms with Crippen LogP contribution in [-0.2, 0) is 29.1 Å². The Hall–Kier alpha value is -3.35. The molecule has 0 saturated heterocycles. The number of rotatable bonds is 2. The number of alkyl halides is 6. The maximum Gasteiger partial charge on any atom is 0.490 e. The fourth-order valence-electron chi connectivity index (χ4n) is 2.42. The van der Waals surface area contributed by atoms with Crippen molar-refractivity contribution in [3.63, 3.8) is 0 Å². The Kier molecular flexibility index (Phi) is 9.44. The maximum atomic E-state index is 11.3. The number of carboxylic acid groups (broad SMARTS) is 2. The molecule has 1 aromatic carbocycles. The molecule has 0 bridgehead atoms. The Morgan fingerprint density at radius 1 is 0.938 bits per heavy atom. The Balaban J connectivity index is 0.000000305. The standard InChI is InChI=1S/C15H15NO2.2C2HF3O2/c17-14-6-8-18-15(9-14)11-16-7-5-12-3-1-2-4-13(12)10-16;2*3-2(4,5)1(6)7/h1-4,6,8-9H,5,7,10-11H2;2*(H,6,7). The van der Waals surface area contributed by atoms with E-state index in [2.05, 4.69) is 29.2 Å². The Labute approximate surface area is 176 Å². The Morgan fingerprint density at radius 2 is 1.44 bits per heavy atom. The SMILES string of the molecule is O=C(O)C(F)(F)F.O=C(O)C(F)(F)F.O=c1ccoc(CN2CCc3ccccc3C2)c1. The van der Waals surface area contributed by atoms with Crippen LogP contribution < -0.4 is 5.43 Å². The molecule has 0 saturated carbocycles. The van der Waals surface area contributed by atoms with E-state index in [1.54, 1.807) is 6.07 Å². The molecule has 2 aromatic rings. The van der Waals surface area contributed by atoms with Crippen molar-refractivity contribution >= 4 is 11.9 Å². The van der Waals surface area contributed by atoms with Gasteiger partial charge in [0.1, 0.15) is 5.76 Å². The molecule has 2 heterocycles. The van der Waals surface area contributed by atoms with E-state index in [-0.39, 0.29) is 5.43 Å². The Bertz CT molecular complexity index is 946. The zero-order valence-corrected chi connectivity index (χ0v) is 16.1. The van der Waals surface area contributed by atoms with Crippen LogP contribution in [0.1, 0.15) is 16.9 Å². The van der Waals surface area contributed by atoms with Gasteiger partial charge in [0.2, 0.25) is 0 Å². The van der Waals surface area contributed by atoms with Crippen LogP contribution in [0.5, 0.6) is 0 Å². The van der Waals surface area contributed by atoms with Gasteiger partial charge in [0.25, 0.3) is 0 Å². The van der Waals surface area contributed by atoms with Gasteiger partial charge in [-0.25, -0.2) is 9.59 Å². The molecule has 7 nitrogen and oxygen atoms in total. The van der Waals surface area contributed by atoms with Gasteiger partial charge in [0, 0.05) is 25.2 Å². The number of carboxylic acids is 2. The van der Waals surface area contributed by atoms with Crippen LogP contribution in [0.2, 0.25) is 0 Å². The summed E-state index contributed by atoms with van der Waals surface area (Å²) < 4.78 is 68.8. The second-order valence-corrected chi connectivity index (χ2v) is 6.27. The van der Waals surface area contributed by atoms with Crippen LogP contribution in [0.15, 0.2) is 51.9 Å². The van der Waals surface area contributed by atoms with Gasteiger partial charge in [0.15, 0.2) is 5.43 Å². The molecule has 13 heteroatoms. The molecule has 0 radical (unpaired) electrons. The predicted octanol–water partition coefficient (Wildman–Crippen LogP) is 3.46. The van der Waals surface area contributed by atoms with E-state index in [0.717, 1.165) is 25.3 Å². The molecular formula is C19H17F6NO6. The number of hydrogen-bond acceptors (Lipinski definition) is 5. The lowest BCUT2D eigenvalue weighted by Gasteiger charge is -2.28. The number of aliphatic carboxylic acids is 2. The van der Waals surface area contributed by atoms with Crippen molar-refractivity contribution in [1.29, 1.82) is 0 Å². The molecule has 1 aromatic heterocycles. The summed E-state index contributed by atoms with van der Waals surface area (Å²) in [5.41, 5.74) is 2.82. The summed E-state index contributed by atoms with van der Waals surface area (Å²) >= 11 is 0. The van der Waals surface area contributed by atoms with Gasteiger partial charge in [-0.05, 0) is 17.5 Å². The fraction of sp³-hybridized carbons (Fsp3) is 0.316. The van der Waals surface area contributed by atoms with E-state index in [0.29, 0.717) is 6.54 Å². The molecule has 0 aliphatic carbocycles. The van der Waals surface area contributed by atoms with Gasteiger partial charge in [-0.15, -0.1) is 0 Å². The van der Waals surface area contributed by atoms with Gasteiger partial charge in [-0.1, -0.05) is 24.3 Å². The summed E-state index contributed by atoms with van der Waals surface area (Å²) in [7, 11) is 0. The number of carbonyl (C=O) groups is 2. The van der Waals surface area contributed by atoms with Crippen molar-refractivity contribution in [1.82, 2.24) is 4.90 Å². The first-order chi connectivity index (χ1) is 14.7. The second kappa shape index (κ2) is 11.3. The molecule has 0 spiro atoms. The number of fused-ring (bicyclic) bond motifs is 1. The smallest absolute Gasteiger partial charge is 0.475 e. The minimum atomic E-state index is -5.08. The molecule has 0 amide bonds. The van der Waals surface area contributed by atoms with Crippen LogP contribution in [0.25, 0.3) is 0 Å². The lowest BCUT2D eigenvalue weighted by Crippen LogP contribution is -2.30. The van der Waals surface area contributed by atoms with E-state index in [1.807, 2.05) is 0 Å². The first-order valence-corrected chi connectivity index (χ1v) is 8.67. The normalized spacial score (nSPS) is 13.6. The summed E-state index contributed by atoms with van der Waals surface area (Å²) in [6.07, 6.45) is -7.64. The third-order valence-electron chi connectivity index (χ3n) is 3.83. The fourth-order valence-corrected chi connectivity index (χ4v) is 2.42. The maximum absolute atomic E-state index is 11.3. The van der Waals surface area contributed by atoms with E-state index >= 15 is 0 Å². The molecule has 0 fully saturated rings. The highest BCUT2D eigenvalue weighted by molar-refractivity contribution is 5.73. The largest absolute Gasteiger partial charge is 0.490 e. The molecule has 3 rings (SSSR count). The molecule has 176 valence electrons. The third-order valence-corrected chi connectivity index (χ3v) is 3.83. The average Bonchev–Trinajstić information content (AvgIpc) is 2.67. The van der Waals surface area contributed by atoms with E-state index in [9.17, 15) is 31.1 Å². The second-order valence-electron chi connectivity index (χ2n) is 6.27. The highest BCUT2D eigenvalue weighted by Crippen LogP contribution is 2.19. The monoisotopic (exact) mass is 469 g/mol. The number of benzene rings is 1. The van der Waals surface area contributed by atoms with E-state index < -0.39 is 24.3 Å². The first kappa shape index (κ1) is 26.7. The molecule has 1 aliphatic rings. The molecule has 32 heavy (non-hydrogen) atoms. The van der Waals surface area contributed by atoms with Gasteiger partial charge in [-0.2, -0.15) is 26.3 Å². The zero-order chi connectivity index (χ0) is 24.5. The molecule has 0 unspecified atom stereocenters. The van der Waals surface area contributed by atoms with Crippen LogP contribution in [0, 0.1) is 0 Å². The highest BCUT2D eigenvalue weighted by Gasteiger charge is 2.38. The minimum Gasteiger partial charge on any atom is -0.475 e. The summed E-state index contributed by atoms with van der Waals surface area (Å²) in [6.45, 7) is 2.63. The van der Waals surface area contributed by atoms with Gasteiger partial charge >= 0.3 is 24.3 Å². The van der Waals surface area contributed by atoms with Gasteiger partial charge < -0.3 is 14.6 Å². The van der Waals surface area contributed by atoms with Crippen LogP contribution in [0.3, 0.4) is 0 Å². The quantitative estimate of drug-likeness (QED) is 0.649. The minimum absolute atomic E-state index is 0.00802. The van der Waals surface area contributed by atoms with Crippen LogP contribution in [0.4, 0.5) is 26.3 Å². The summed E-state index contributed by atoms with van der Waals surface area (Å²) in [6, 6.07) is 11.5. The predicted molar refractivity (Wildman–Crippen MR) is 96.6 cm³/mol. The molecule has 0 atom stereocenters. The first-order valence-electron chi connectivity index (χ1n) is 8.67. The number of nitrogens with zero attached hydrogens (tertiary/aromatic N) is 1. The summed E-state index contributed by atoms with van der Waals surface area (Å²) in [5, 5.41) is 14.2. The van der Waals surface area contributed by atoms with Crippen LogP contribution >= 0.6 is 0 Å². The Morgan fingerprint density at radius 3 is 1.91 bits per heavy atom. The van der Waals surface area contributed by atoms with Crippen molar-refractivity contribution in [3.8, 4) is 0 Å². The van der Waals surface area contributed by atoms with Gasteiger partial charge in [0.05, 0.1) is 12.8 Å². The zero-order valence-electron chi connectivity index (χ0n) is 16.1. The van der Waals surface area contributed by atoms with Crippen LogP contribution in [-0.4, -0.2) is 45.9 Å². The lowest BCUT2D eigenvalue weighted by atomic mass is 10.00. The lowest BCUT2D eigenvalue weighted by molar-refractivity contribution is -0.193. The molecule has 1 aliphatic heterocycles. The summed E-state index contributed by atoms with van der Waals surface area (Å²) in [5.74, 6) is -4.78. The third kappa shape index (κ3) is 9.64. The van der Waals surface area contributed by atoms with Crippen molar-refractivity contribution in [2.75, 3.05) is 6.54 Å². The topological polar surface area (TPSA) is 108 Å². The van der Waals surface area contributed by atoms with Gasteiger partial charge in [-0.3, -0.25) is 9.69 Å². The van der Waals surface area contributed by atoms with Crippen molar-refractivity contribution in [3.05, 3.63) is 69.8 Å². The van der Waals surface area contributed by atoms with E-state index in [1.165, 1.54) is 23.5 Å². The van der Waals surface area contributed by atoms with Crippen molar-refractivity contribution in [2.24, 2.45) is 0 Å². The highest BCUT2D eigenvalue weighted by atomic mass is 19.4. The molecular weight excluding hydrogens is 452 g/mol. The summed E-state index contributed by atoms with van der Waals surface area (Å²) in [4.78, 5) is 31.3. The van der Waals surface area contributed by atoms with Crippen molar-refractivity contribution in [2.45, 2.75) is 31.9 Å². The van der Waals surface area contributed by atoms with Crippen molar-refractivity contribution < 1.29 is 50.6 Å².